The van der Waals surface area contributed by atoms with Crippen LogP contribution in [0.25, 0.3) is 0 Å². The van der Waals surface area contributed by atoms with Crippen molar-refractivity contribution in [2.24, 2.45) is 0 Å². The Morgan fingerprint density at radius 1 is 1.33 bits per heavy atom. The fraction of sp³-hybridized carbons (Fsp3) is 0.600. The number of nitrogens with zero attached hydrogens (tertiary/aromatic N) is 1. The highest BCUT2D eigenvalue weighted by Gasteiger charge is 2.32. The number of nitrogens with one attached hydrogen (secondary N) is 1. The Kier molecular flexibility index (Phi) is 4.18. The molecule has 100 valence electrons. The van der Waals surface area contributed by atoms with Gasteiger partial charge in [-0.25, -0.2) is 0 Å². The predicted molar refractivity (Wildman–Crippen MR) is 79.7 cm³/mol. The van der Waals surface area contributed by atoms with Gasteiger partial charge in [0.2, 0.25) is 0 Å². The molecule has 2 nitrogen and oxygen atoms in total. The van der Waals surface area contributed by atoms with E-state index in [0.717, 1.165) is 24.7 Å². The third kappa shape index (κ3) is 2.50. The normalized spacial score (nSPS) is 19.0. The maximum atomic E-state index is 6.23. The van der Waals surface area contributed by atoms with E-state index in [0.29, 0.717) is 0 Å². The van der Waals surface area contributed by atoms with Gasteiger partial charge in [0.15, 0.2) is 0 Å². The molecule has 1 aromatic carbocycles. The Morgan fingerprint density at radius 3 is 2.72 bits per heavy atom. The molecular formula is C15H23ClN2. The smallest absolute Gasteiger partial charge is 0.0455 e. The van der Waals surface area contributed by atoms with Gasteiger partial charge in [-0.05, 0) is 37.5 Å². The molecule has 0 aliphatic carbocycles. The van der Waals surface area contributed by atoms with Crippen LogP contribution in [0.1, 0.15) is 32.3 Å². The second-order valence-corrected chi connectivity index (χ2v) is 5.63. The van der Waals surface area contributed by atoms with E-state index in [1.54, 1.807) is 0 Å². The van der Waals surface area contributed by atoms with E-state index in [4.69, 9.17) is 11.6 Å². The van der Waals surface area contributed by atoms with Crippen LogP contribution in [-0.2, 0) is 0 Å². The zero-order chi connectivity index (χ0) is 13.2. The van der Waals surface area contributed by atoms with Gasteiger partial charge in [-0.3, -0.25) is 0 Å². The molecule has 0 saturated carbocycles. The first-order chi connectivity index (χ1) is 8.62. The van der Waals surface area contributed by atoms with E-state index in [1.165, 1.54) is 24.1 Å². The molecule has 1 saturated heterocycles. The van der Waals surface area contributed by atoms with Gasteiger partial charge >= 0.3 is 0 Å². The van der Waals surface area contributed by atoms with Crippen LogP contribution in [0.3, 0.4) is 0 Å². The van der Waals surface area contributed by atoms with Gasteiger partial charge in [0.1, 0.15) is 0 Å². The van der Waals surface area contributed by atoms with E-state index in [2.05, 4.69) is 37.1 Å². The first-order valence-corrected chi connectivity index (χ1v) is 7.25. The van der Waals surface area contributed by atoms with Gasteiger partial charge in [-0.15, -0.1) is 0 Å². The highest BCUT2D eigenvalue weighted by atomic mass is 35.5. The summed E-state index contributed by atoms with van der Waals surface area (Å²) in [5, 5.41) is 4.56. The SMILES string of the molecule is CCC1(CC)CN(c2cccc(Cl)c2C)CCN1. The summed E-state index contributed by atoms with van der Waals surface area (Å²) in [7, 11) is 0. The maximum absolute atomic E-state index is 6.23. The van der Waals surface area contributed by atoms with Crippen molar-refractivity contribution in [1.29, 1.82) is 0 Å². The van der Waals surface area contributed by atoms with Crippen molar-refractivity contribution in [3.05, 3.63) is 28.8 Å². The molecule has 0 unspecified atom stereocenters. The summed E-state index contributed by atoms with van der Waals surface area (Å²) >= 11 is 6.23. The number of rotatable bonds is 3. The molecule has 2 rings (SSSR count). The molecule has 0 atom stereocenters. The van der Waals surface area contributed by atoms with Crippen LogP contribution in [0.5, 0.6) is 0 Å². The Balaban J connectivity index is 2.26. The van der Waals surface area contributed by atoms with E-state index < -0.39 is 0 Å². The number of benzene rings is 1. The van der Waals surface area contributed by atoms with Crippen molar-refractivity contribution >= 4 is 17.3 Å². The molecule has 0 spiro atoms. The molecule has 1 aromatic rings. The molecule has 3 heteroatoms. The number of anilines is 1. The van der Waals surface area contributed by atoms with Crippen LogP contribution in [-0.4, -0.2) is 25.2 Å². The Labute approximate surface area is 115 Å². The minimum atomic E-state index is 0.257. The summed E-state index contributed by atoms with van der Waals surface area (Å²) in [4.78, 5) is 2.48. The first-order valence-electron chi connectivity index (χ1n) is 6.87. The number of hydrogen-bond acceptors (Lipinski definition) is 2. The molecule has 0 bridgehead atoms. The summed E-state index contributed by atoms with van der Waals surface area (Å²) in [5.41, 5.74) is 2.74. The third-order valence-electron chi connectivity index (χ3n) is 4.31. The molecular weight excluding hydrogens is 244 g/mol. The number of piperazine rings is 1. The maximum Gasteiger partial charge on any atom is 0.0455 e. The fourth-order valence-electron chi connectivity index (χ4n) is 2.82. The van der Waals surface area contributed by atoms with Crippen LogP contribution in [0, 0.1) is 6.92 Å². The Hall–Kier alpha value is -0.730. The van der Waals surface area contributed by atoms with Crippen molar-refractivity contribution in [3.63, 3.8) is 0 Å². The molecule has 1 aliphatic heterocycles. The van der Waals surface area contributed by atoms with E-state index in [9.17, 15) is 0 Å². The van der Waals surface area contributed by atoms with Gasteiger partial charge in [0.25, 0.3) is 0 Å². The minimum Gasteiger partial charge on any atom is -0.368 e. The lowest BCUT2D eigenvalue weighted by atomic mass is 9.90. The van der Waals surface area contributed by atoms with Crippen molar-refractivity contribution < 1.29 is 0 Å². The summed E-state index contributed by atoms with van der Waals surface area (Å²) in [6.07, 6.45) is 2.33. The van der Waals surface area contributed by atoms with Gasteiger partial charge in [0, 0.05) is 35.9 Å². The van der Waals surface area contributed by atoms with Gasteiger partial charge in [-0.1, -0.05) is 31.5 Å². The Morgan fingerprint density at radius 2 is 2.06 bits per heavy atom. The summed E-state index contributed by atoms with van der Waals surface area (Å²) in [6, 6.07) is 6.20. The van der Waals surface area contributed by atoms with Crippen LogP contribution >= 0.6 is 11.6 Å². The second-order valence-electron chi connectivity index (χ2n) is 5.22. The van der Waals surface area contributed by atoms with Crippen LogP contribution < -0.4 is 10.2 Å². The summed E-state index contributed by atoms with van der Waals surface area (Å²) in [6.45, 7) is 9.83. The Bertz CT molecular complexity index is 413. The highest BCUT2D eigenvalue weighted by molar-refractivity contribution is 6.31. The van der Waals surface area contributed by atoms with Crippen LogP contribution in [0.15, 0.2) is 18.2 Å². The third-order valence-corrected chi connectivity index (χ3v) is 4.72. The van der Waals surface area contributed by atoms with Crippen LogP contribution in [0.2, 0.25) is 5.02 Å². The molecule has 1 fully saturated rings. The van der Waals surface area contributed by atoms with Gasteiger partial charge in [0.05, 0.1) is 0 Å². The molecule has 0 amide bonds. The molecule has 0 aromatic heterocycles. The lowest BCUT2D eigenvalue weighted by molar-refractivity contribution is 0.277. The van der Waals surface area contributed by atoms with Gasteiger partial charge in [-0.2, -0.15) is 0 Å². The minimum absolute atomic E-state index is 0.257. The lowest BCUT2D eigenvalue weighted by Gasteiger charge is -2.44. The zero-order valence-corrected chi connectivity index (χ0v) is 12.3. The van der Waals surface area contributed by atoms with Crippen molar-refractivity contribution in [3.8, 4) is 0 Å². The standard InChI is InChI=1S/C15H23ClN2/c1-4-15(5-2)11-18(10-9-17-15)14-8-6-7-13(16)12(14)3/h6-8,17H,4-5,9-11H2,1-3H3. The topological polar surface area (TPSA) is 15.3 Å². The average molecular weight is 267 g/mol. The molecule has 18 heavy (non-hydrogen) atoms. The summed E-state index contributed by atoms with van der Waals surface area (Å²) < 4.78 is 0. The quantitative estimate of drug-likeness (QED) is 0.899. The second kappa shape index (κ2) is 5.50. The number of halogens is 1. The first kappa shape index (κ1) is 13.7. The average Bonchev–Trinajstić information content (AvgIpc) is 2.42. The molecule has 1 N–H and O–H groups in total. The van der Waals surface area contributed by atoms with Crippen molar-refractivity contribution in [2.45, 2.75) is 39.2 Å². The zero-order valence-electron chi connectivity index (χ0n) is 11.6. The summed E-state index contributed by atoms with van der Waals surface area (Å²) in [5.74, 6) is 0. The van der Waals surface area contributed by atoms with Crippen LogP contribution in [0.4, 0.5) is 5.69 Å². The van der Waals surface area contributed by atoms with Crippen molar-refractivity contribution in [2.75, 3.05) is 24.5 Å². The highest BCUT2D eigenvalue weighted by Crippen LogP contribution is 2.30. The van der Waals surface area contributed by atoms with E-state index >= 15 is 0 Å². The predicted octanol–water partition coefficient (Wildman–Crippen LogP) is 3.62. The monoisotopic (exact) mass is 266 g/mol. The molecule has 0 radical (unpaired) electrons. The number of hydrogen-bond donors (Lipinski definition) is 1. The molecule has 1 heterocycles. The lowest BCUT2D eigenvalue weighted by Crippen LogP contribution is -2.60. The largest absolute Gasteiger partial charge is 0.368 e. The van der Waals surface area contributed by atoms with E-state index in [-0.39, 0.29) is 5.54 Å². The fourth-order valence-corrected chi connectivity index (χ4v) is 2.99. The van der Waals surface area contributed by atoms with E-state index in [1.807, 2.05) is 12.1 Å². The van der Waals surface area contributed by atoms with Crippen molar-refractivity contribution in [1.82, 2.24) is 5.32 Å². The van der Waals surface area contributed by atoms with Gasteiger partial charge < -0.3 is 10.2 Å². The molecule has 1 aliphatic rings.